The number of esters is 1. The summed E-state index contributed by atoms with van der Waals surface area (Å²) < 4.78 is 10.7. The van der Waals surface area contributed by atoms with E-state index in [-0.39, 0.29) is 24.1 Å². The van der Waals surface area contributed by atoms with Crippen LogP contribution in [0.3, 0.4) is 0 Å². The normalized spacial score (nSPS) is 25.4. The molecule has 1 aliphatic carbocycles. The molecule has 7 heteroatoms. The quantitative estimate of drug-likeness (QED) is 0.757. The maximum Gasteiger partial charge on any atom is 0.341 e. The summed E-state index contributed by atoms with van der Waals surface area (Å²) in [5.74, 6) is -0.380. The molecule has 2 atom stereocenters. The van der Waals surface area contributed by atoms with Gasteiger partial charge in [0.05, 0.1) is 25.6 Å². The zero-order valence-corrected chi connectivity index (χ0v) is 16.7. The molecular formula is C19H29N2O4S+. The van der Waals surface area contributed by atoms with E-state index in [9.17, 15) is 9.59 Å². The third kappa shape index (κ3) is 4.45. The first-order chi connectivity index (χ1) is 12.5. The molecule has 0 spiro atoms. The summed E-state index contributed by atoms with van der Waals surface area (Å²) in [5, 5.41) is 3.64. The van der Waals surface area contributed by atoms with Crippen molar-refractivity contribution in [3.05, 3.63) is 16.0 Å². The molecule has 1 aliphatic heterocycles. The molecule has 6 nitrogen and oxygen atoms in total. The minimum atomic E-state index is -0.346. The van der Waals surface area contributed by atoms with E-state index in [1.54, 1.807) is 0 Å². The Morgan fingerprint density at radius 2 is 1.92 bits per heavy atom. The Kier molecular flexibility index (Phi) is 6.32. The Hall–Kier alpha value is -1.44. The van der Waals surface area contributed by atoms with Gasteiger partial charge in [0.25, 0.3) is 0 Å². The van der Waals surface area contributed by atoms with Crippen molar-refractivity contribution in [3.63, 3.8) is 0 Å². The second-order valence-electron chi connectivity index (χ2n) is 7.37. The third-order valence-corrected chi connectivity index (χ3v) is 6.34. The molecule has 2 heterocycles. The SMILES string of the molecule is COC(=O)c1c(NC(=O)CC[NH+]2CC(C)OC(C)C2)sc2c1CCCC2. The van der Waals surface area contributed by atoms with E-state index in [4.69, 9.17) is 9.47 Å². The number of carbonyl (C=O) groups excluding carboxylic acids is 2. The number of thiophene rings is 1. The second-order valence-corrected chi connectivity index (χ2v) is 8.48. The number of hydrogen-bond donors (Lipinski definition) is 2. The summed E-state index contributed by atoms with van der Waals surface area (Å²) >= 11 is 1.54. The van der Waals surface area contributed by atoms with E-state index in [0.717, 1.165) is 50.9 Å². The minimum Gasteiger partial charge on any atom is -0.465 e. The fourth-order valence-corrected chi connectivity index (χ4v) is 5.34. The number of ether oxygens (including phenoxy) is 2. The zero-order chi connectivity index (χ0) is 18.7. The number of anilines is 1. The molecule has 26 heavy (non-hydrogen) atoms. The Bertz CT molecular complexity index is 663. The highest BCUT2D eigenvalue weighted by molar-refractivity contribution is 7.17. The molecular weight excluding hydrogens is 352 g/mol. The van der Waals surface area contributed by atoms with Crippen LogP contribution in [0.5, 0.6) is 0 Å². The summed E-state index contributed by atoms with van der Waals surface area (Å²) in [6.07, 6.45) is 4.99. The second kappa shape index (κ2) is 8.50. The summed E-state index contributed by atoms with van der Waals surface area (Å²) in [5.41, 5.74) is 1.64. The highest BCUT2D eigenvalue weighted by atomic mass is 32.1. The number of fused-ring (bicyclic) bond motifs is 1. The van der Waals surface area contributed by atoms with Crippen LogP contribution in [0.15, 0.2) is 0 Å². The monoisotopic (exact) mass is 381 g/mol. The fraction of sp³-hybridized carbons (Fsp3) is 0.684. The first-order valence-corrected chi connectivity index (χ1v) is 10.3. The van der Waals surface area contributed by atoms with Crippen LogP contribution in [0, 0.1) is 0 Å². The topological polar surface area (TPSA) is 69.1 Å². The van der Waals surface area contributed by atoms with Gasteiger partial charge in [0.15, 0.2) is 0 Å². The van der Waals surface area contributed by atoms with Crippen molar-refractivity contribution in [2.24, 2.45) is 0 Å². The van der Waals surface area contributed by atoms with E-state index in [0.29, 0.717) is 17.0 Å². The summed E-state index contributed by atoms with van der Waals surface area (Å²) in [6.45, 7) is 6.79. The van der Waals surface area contributed by atoms with Gasteiger partial charge in [-0.15, -0.1) is 11.3 Å². The number of aryl methyl sites for hydroxylation is 1. The average Bonchev–Trinajstić information content (AvgIpc) is 2.96. The molecule has 144 valence electrons. The summed E-state index contributed by atoms with van der Waals surface area (Å²) in [4.78, 5) is 27.3. The highest BCUT2D eigenvalue weighted by Crippen LogP contribution is 2.38. The lowest BCUT2D eigenvalue weighted by Crippen LogP contribution is -3.15. The van der Waals surface area contributed by atoms with Crippen LogP contribution in [0.25, 0.3) is 0 Å². The van der Waals surface area contributed by atoms with Crippen LogP contribution in [0.1, 0.15) is 53.9 Å². The summed E-state index contributed by atoms with van der Waals surface area (Å²) in [7, 11) is 1.39. The lowest BCUT2D eigenvalue weighted by Gasteiger charge is -2.32. The van der Waals surface area contributed by atoms with Crippen molar-refractivity contribution in [2.75, 3.05) is 32.1 Å². The van der Waals surface area contributed by atoms with Crippen molar-refractivity contribution in [1.29, 1.82) is 0 Å². The maximum atomic E-state index is 12.5. The predicted octanol–water partition coefficient (Wildman–Crippen LogP) is 1.43. The van der Waals surface area contributed by atoms with Crippen molar-refractivity contribution < 1.29 is 24.0 Å². The Morgan fingerprint density at radius 1 is 1.23 bits per heavy atom. The van der Waals surface area contributed by atoms with Gasteiger partial charge < -0.3 is 19.7 Å². The Morgan fingerprint density at radius 3 is 2.62 bits per heavy atom. The number of methoxy groups -OCH3 is 1. The molecule has 1 aromatic heterocycles. The molecule has 1 saturated heterocycles. The molecule has 0 radical (unpaired) electrons. The summed E-state index contributed by atoms with van der Waals surface area (Å²) in [6, 6.07) is 0. The smallest absolute Gasteiger partial charge is 0.341 e. The van der Waals surface area contributed by atoms with Crippen molar-refractivity contribution in [1.82, 2.24) is 0 Å². The number of carbonyl (C=O) groups is 2. The van der Waals surface area contributed by atoms with Gasteiger partial charge in [-0.2, -0.15) is 0 Å². The van der Waals surface area contributed by atoms with Crippen LogP contribution >= 0.6 is 11.3 Å². The number of rotatable bonds is 5. The van der Waals surface area contributed by atoms with Crippen LogP contribution in [0.2, 0.25) is 0 Å². The lowest BCUT2D eigenvalue weighted by molar-refractivity contribution is -0.914. The molecule has 0 aromatic carbocycles. The van der Waals surface area contributed by atoms with Crippen LogP contribution in [-0.2, 0) is 27.1 Å². The number of amides is 1. The standard InChI is InChI=1S/C19H28N2O4S/c1-12-10-21(11-13(2)25-12)9-8-16(22)20-18-17(19(23)24-3)14-6-4-5-7-15(14)26-18/h12-13H,4-11H2,1-3H3,(H,20,22)/p+1. The lowest BCUT2D eigenvalue weighted by atomic mass is 9.95. The van der Waals surface area contributed by atoms with Gasteiger partial charge in [0, 0.05) is 4.88 Å². The first kappa shape index (κ1) is 19.3. The molecule has 0 saturated carbocycles. The van der Waals surface area contributed by atoms with Gasteiger partial charge in [0.1, 0.15) is 30.3 Å². The molecule has 1 aromatic rings. The van der Waals surface area contributed by atoms with Gasteiger partial charge in [-0.3, -0.25) is 4.79 Å². The highest BCUT2D eigenvalue weighted by Gasteiger charge is 2.28. The van der Waals surface area contributed by atoms with Crippen molar-refractivity contribution in [3.8, 4) is 0 Å². The van der Waals surface area contributed by atoms with Crippen molar-refractivity contribution in [2.45, 2.75) is 58.2 Å². The minimum absolute atomic E-state index is 0.0342. The van der Waals surface area contributed by atoms with Gasteiger partial charge in [-0.25, -0.2) is 4.79 Å². The molecule has 3 rings (SSSR count). The number of hydrogen-bond acceptors (Lipinski definition) is 5. The zero-order valence-electron chi connectivity index (χ0n) is 15.9. The average molecular weight is 382 g/mol. The molecule has 2 unspecified atom stereocenters. The van der Waals surface area contributed by atoms with Gasteiger partial charge in [-0.05, 0) is 45.1 Å². The Balaban J connectivity index is 1.64. The van der Waals surface area contributed by atoms with E-state index in [2.05, 4.69) is 19.2 Å². The molecule has 1 fully saturated rings. The van der Waals surface area contributed by atoms with E-state index >= 15 is 0 Å². The molecule has 0 bridgehead atoms. The van der Waals surface area contributed by atoms with Gasteiger partial charge >= 0.3 is 5.97 Å². The number of quaternary nitrogens is 1. The molecule has 1 amide bonds. The van der Waals surface area contributed by atoms with Gasteiger partial charge in [0.2, 0.25) is 5.91 Å². The van der Waals surface area contributed by atoms with E-state index in [1.807, 2.05) is 0 Å². The van der Waals surface area contributed by atoms with Crippen LogP contribution in [0.4, 0.5) is 5.00 Å². The predicted molar refractivity (Wildman–Crippen MR) is 101 cm³/mol. The van der Waals surface area contributed by atoms with Crippen LogP contribution in [-0.4, -0.2) is 50.8 Å². The number of morpholine rings is 1. The fourth-order valence-electron chi connectivity index (χ4n) is 4.04. The third-order valence-electron chi connectivity index (χ3n) is 5.14. The molecule has 2 aliphatic rings. The van der Waals surface area contributed by atoms with Crippen molar-refractivity contribution >= 4 is 28.2 Å². The number of nitrogens with one attached hydrogen (secondary N) is 2. The largest absolute Gasteiger partial charge is 0.465 e. The Labute approximate surface area is 158 Å². The van der Waals surface area contributed by atoms with Crippen LogP contribution < -0.4 is 10.2 Å². The molecule has 2 N–H and O–H groups in total. The first-order valence-electron chi connectivity index (χ1n) is 9.49. The van der Waals surface area contributed by atoms with Gasteiger partial charge in [-0.1, -0.05) is 0 Å². The van der Waals surface area contributed by atoms with E-state index < -0.39 is 0 Å². The maximum absolute atomic E-state index is 12.5. The van der Waals surface area contributed by atoms with E-state index in [1.165, 1.54) is 28.2 Å².